The Kier molecular flexibility index (Phi) is 5.12. The lowest BCUT2D eigenvalue weighted by molar-refractivity contribution is -0.274. The van der Waals surface area contributed by atoms with Gasteiger partial charge in [-0.15, -0.1) is 13.2 Å². The summed E-state index contributed by atoms with van der Waals surface area (Å²) in [5.74, 6) is 0.455. The fourth-order valence-electron chi connectivity index (χ4n) is 3.64. The zero-order chi connectivity index (χ0) is 20.5. The first kappa shape index (κ1) is 19.6. The van der Waals surface area contributed by atoms with Gasteiger partial charge in [0.05, 0.1) is 12.0 Å². The number of pyridine rings is 1. The van der Waals surface area contributed by atoms with Crippen molar-refractivity contribution in [3.8, 4) is 22.6 Å². The van der Waals surface area contributed by atoms with Gasteiger partial charge < -0.3 is 19.8 Å². The SMILES string of the molecule is CC1(COc2ccnc3[nH]cc(-c4ccc(OC(F)(F)F)cc4)c23)CCNCC1. The van der Waals surface area contributed by atoms with E-state index in [1.165, 1.54) is 12.1 Å². The van der Waals surface area contributed by atoms with E-state index in [0.717, 1.165) is 42.4 Å². The van der Waals surface area contributed by atoms with E-state index in [0.29, 0.717) is 18.0 Å². The Hall–Kier alpha value is -2.74. The number of hydrogen-bond acceptors (Lipinski definition) is 4. The molecule has 2 N–H and O–H groups in total. The van der Waals surface area contributed by atoms with Crippen LogP contribution in [0.4, 0.5) is 13.2 Å². The second-order valence-electron chi connectivity index (χ2n) is 7.66. The molecule has 1 aliphatic rings. The van der Waals surface area contributed by atoms with Gasteiger partial charge in [0.1, 0.15) is 17.1 Å². The van der Waals surface area contributed by atoms with E-state index in [4.69, 9.17) is 4.74 Å². The van der Waals surface area contributed by atoms with E-state index in [9.17, 15) is 13.2 Å². The normalized spacial score (nSPS) is 16.7. The van der Waals surface area contributed by atoms with Crippen molar-refractivity contribution in [3.63, 3.8) is 0 Å². The van der Waals surface area contributed by atoms with Crippen LogP contribution in [0.1, 0.15) is 19.8 Å². The standard InChI is InChI=1S/C21H22F3N3O2/c1-20(7-10-25-11-8-20)13-28-17-6-9-26-19-18(17)16(12-27-19)14-2-4-15(5-3-14)29-21(22,23)24/h2-6,9,12,25H,7-8,10-11,13H2,1H3,(H,26,27). The Labute approximate surface area is 166 Å². The number of piperidine rings is 1. The number of hydrogen-bond donors (Lipinski definition) is 2. The van der Waals surface area contributed by atoms with Crippen LogP contribution in [0.15, 0.2) is 42.7 Å². The molecule has 4 rings (SSSR count). The Bertz CT molecular complexity index is 977. The van der Waals surface area contributed by atoms with Crippen LogP contribution in [-0.4, -0.2) is 36.0 Å². The second-order valence-corrected chi connectivity index (χ2v) is 7.66. The molecule has 29 heavy (non-hydrogen) atoms. The Morgan fingerprint density at radius 2 is 1.83 bits per heavy atom. The molecule has 3 aromatic rings. The topological polar surface area (TPSA) is 59.2 Å². The third kappa shape index (κ3) is 4.48. The van der Waals surface area contributed by atoms with Gasteiger partial charge >= 0.3 is 6.36 Å². The van der Waals surface area contributed by atoms with Crippen molar-refractivity contribution < 1.29 is 22.6 Å². The number of ether oxygens (including phenoxy) is 2. The van der Waals surface area contributed by atoms with Crippen LogP contribution < -0.4 is 14.8 Å². The lowest BCUT2D eigenvalue weighted by Crippen LogP contribution is -2.38. The first-order chi connectivity index (χ1) is 13.8. The van der Waals surface area contributed by atoms with Crippen molar-refractivity contribution in [2.45, 2.75) is 26.1 Å². The van der Waals surface area contributed by atoms with Gasteiger partial charge in [-0.05, 0) is 49.7 Å². The van der Waals surface area contributed by atoms with Crippen molar-refractivity contribution in [1.82, 2.24) is 15.3 Å². The summed E-state index contributed by atoms with van der Waals surface area (Å²) in [6.45, 7) is 4.78. The summed E-state index contributed by atoms with van der Waals surface area (Å²) in [6, 6.07) is 7.61. The van der Waals surface area contributed by atoms with Crippen LogP contribution in [0, 0.1) is 5.41 Å². The van der Waals surface area contributed by atoms with Crippen molar-refractivity contribution >= 4 is 11.0 Å². The van der Waals surface area contributed by atoms with Gasteiger partial charge in [0, 0.05) is 23.4 Å². The highest BCUT2D eigenvalue weighted by atomic mass is 19.4. The lowest BCUT2D eigenvalue weighted by Gasteiger charge is -2.33. The van der Waals surface area contributed by atoms with Crippen molar-refractivity contribution in [2.24, 2.45) is 5.41 Å². The molecule has 1 aliphatic heterocycles. The average Bonchev–Trinajstić information content (AvgIpc) is 3.11. The van der Waals surface area contributed by atoms with Gasteiger partial charge in [0.2, 0.25) is 0 Å². The van der Waals surface area contributed by atoms with Gasteiger partial charge in [0.25, 0.3) is 0 Å². The maximum Gasteiger partial charge on any atom is 0.573 e. The van der Waals surface area contributed by atoms with Crippen LogP contribution in [0.25, 0.3) is 22.2 Å². The van der Waals surface area contributed by atoms with Crippen LogP contribution >= 0.6 is 0 Å². The predicted molar refractivity (Wildman–Crippen MR) is 104 cm³/mol. The first-order valence-corrected chi connectivity index (χ1v) is 9.49. The molecule has 3 heterocycles. The number of nitrogens with one attached hydrogen (secondary N) is 2. The number of benzene rings is 1. The molecule has 0 saturated carbocycles. The quantitative estimate of drug-likeness (QED) is 0.634. The van der Waals surface area contributed by atoms with Gasteiger partial charge in [-0.2, -0.15) is 0 Å². The fourth-order valence-corrected chi connectivity index (χ4v) is 3.64. The molecule has 5 nitrogen and oxygen atoms in total. The summed E-state index contributed by atoms with van der Waals surface area (Å²) in [6.07, 6.45) is 0.848. The molecule has 0 amide bonds. The molecule has 0 aliphatic carbocycles. The zero-order valence-corrected chi connectivity index (χ0v) is 16.0. The van der Waals surface area contributed by atoms with E-state index >= 15 is 0 Å². The number of fused-ring (bicyclic) bond motifs is 1. The molecule has 0 unspecified atom stereocenters. The Morgan fingerprint density at radius 3 is 2.52 bits per heavy atom. The smallest absolute Gasteiger partial charge is 0.492 e. The summed E-state index contributed by atoms with van der Waals surface area (Å²) in [5.41, 5.74) is 2.34. The summed E-state index contributed by atoms with van der Waals surface area (Å²) in [4.78, 5) is 7.46. The largest absolute Gasteiger partial charge is 0.573 e. The van der Waals surface area contributed by atoms with Gasteiger partial charge in [-0.25, -0.2) is 4.98 Å². The minimum atomic E-state index is -4.71. The van der Waals surface area contributed by atoms with Crippen LogP contribution in [0.2, 0.25) is 0 Å². The number of alkyl halides is 3. The molecule has 1 aromatic carbocycles. The second kappa shape index (κ2) is 7.59. The maximum atomic E-state index is 12.4. The van der Waals surface area contributed by atoms with E-state index < -0.39 is 6.36 Å². The van der Waals surface area contributed by atoms with E-state index in [-0.39, 0.29) is 11.2 Å². The highest BCUT2D eigenvalue weighted by molar-refractivity contribution is 5.98. The molecular formula is C21H22F3N3O2. The predicted octanol–water partition coefficient (Wildman–Crippen LogP) is 4.90. The van der Waals surface area contributed by atoms with Crippen molar-refractivity contribution in [1.29, 1.82) is 0 Å². The van der Waals surface area contributed by atoms with Crippen LogP contribution in [0.3, 0.4) is 0 Å². The molecule has 0 bridgehead atoms. The zero-order valence-electron chi connectivity index (χ0n) is 16.0. The average molecular weight is 405 g/mol. The first-order valence-electron chi connectivity index (χ1n) is 9.49. The summed E-state index contributed by atoms with van der Waals surface area (Å²) < 4.78 is 47.3. The molecule has 154 valence electrons. The Balaban J connectivity index is 1.61. The summed E-state index contributed by atoms with van der Waals surface area (Å²) in [5, 5.41) is 4.18. The molecule has 8 heteroatoms. The molecule has 0 spiro atoms. The third-order valence-corrected chi connectivity index (χ3v) is 5.32. The highest BCUT2D eigenvalue weighted by Gasteiger charge is 2.31. The molecule has 0 radical (unpaired) electrons. The number of aromatic amines is 1. The number of rotatable bonds is 5. The Morgan fingerprint density at radius 1 is 1.10 bits per heavy atom. The molecule has 1 fully saturated rings. The van der Waals surface area contributed by atoms with E-state index in [1.807, 2.05) is 6.07 Å². The molecule has 0 atom stereocenters. The fraction of sp³-hybridized carbons (Fsp3) is 0.381. The molecule has 2 aromatic heterocycles. The number of nitrogens with zero attached hydrogens (tertiary/aromatic N) is 1. The van der Waals surface area contributed by atoms with E-state index in [2.05, 4.69) is 26.9 Å². The third-order valence-electron chi connectivity index (χ3n) is 5.32. The van der Waals surface area contributed by atoms with Crippen molar-refractivity contribution in [2.75, 3.05) is 19.7 Å². The van der Waals surface area contributed by atoms with Crippen LogP contribution in [-0.2, 0) is 0 Å². The van der Waals surface area contributed by atoms with Crippen LogP contribution in [0.5, 0.6) is 11.5 Å². The molecule has 1 saturated heterocycles. The van der Waals surface area contributed by atoms with Crippen molar-refractivity contribution in [3.05, 3.63) is 42.7 Å². The van der Waals surface area contributed by atoms with Gasteiger partial charge in [-0.3, -0.25) is 0 Å². The monoisotopic (exact) mass is 405 g/mol. The summed E-state index contributed by atoms with van der Waals surface area (Å²) >= 11 is 0. The summed E-state index contributed by atoms with van der Waals surface area (Å²) in [7, 11) is 0. The minimum absolute atomic E-state index is 0.105. The highest BCUT2D eigenvalue weighted by Crippen LogP contribution is 2.37. The molecular weight excluding hydrogens is 383 g/mol. The van der Waals surface area contributed by atoms with Gasteiger partial charge in [-0.1, -0.05) is 19.1 Å². The lowest BCUT2D eigenvalue weighted by atomic mass is 9.82. The van der Waals surface area contributed by atoms with E-state index in [1.54, 1.807) is 24.5 Å². The number of H-pyrrole nitrogens is 1. The number of halogens is 3. The maximum absolute atomic E-state index is 12.4. The number of aromatic nitrogens is 2. The van der Waals surface area contributed by atoms with Gasteiger partial charge in [0.15, 0.2) is 0 Å². The minimum Gasteiger partial charge on any atom is -0.492 e.